The van der Waals surface area contributed by atoms with Crippen molar-refractivity contribution >= 4 is 27.7 Å². The number of phenolic OH excluding ortho intramolecular Hbond substituents is 1. The lowest BCUT2D eigenvalue weighted by Gasteiger charge is -2.02. The van der Waals surface area contributed by atoms with E-state index in [0.29, 0.717) is 4.47 Å². The van der Waals surface area contributed by atoms with Gasteiger partial charge >= 0.3 is 0 Å². The van der Waals surface area contributed by atoms with Gasteiger partial charge in [-0.3, -0.25) is 0 Å². The highest BCUT2D eigenvalue weighted by Crippen LogP contribution is 2.30. The third-order valence-electron chi connectivity index (χ3n) is 1.81. The molecule has 5 heteroatoms. The second kappa shape index (κ2) is 4.84. The van der Waals surface area contributed by atoms with Crippen molar-refractivity contribution in [1.29, 1.82) is 0 Å². The maximum atomic E-state index is 13.5. The van der Waals surface area contributed by atoms with Crippen LogP contribution in [0.15, 0.2) is 50.9 Å². The smallest absolute Gasteiger partial charge is 0.156 e. The molecule has 0 aliphatic carbocycles. The molecular formula is C11H7BrFNOS. The molecule has 0 bridgehead atoms. The average Bonchev–Trinajstić information content (AvgIpc) is 2.22. The summed E-state index contributed by atoms with van der Waals surface area (Å²) >= 11 is 4.31. The number of pyridine rings is 1. The zero-order chi connectivity index (χ0) is 11.5. The lowest BCUT2D eigenvalue weighted by Crippen LogP contribution is -1.86. The fraction of sp³-hybridized carbons (Fsp3) is 0. The van der Waals surface area contributed by atoms with Crippen LogP contribution in [0, 0.1) is 5.82 Å². The Balaban J connectivity index is 2.27. The first-order chi connectivity index (χ1) is 7.65. The topological polar surface area (TPSA) is 33.1 Å². The first-order valence-corrected chi connectivity index (χ1v) is 6.04. The summed E-state index contributed by atoms with van der Waals surface area (Å²) in [6.07, 6.45) is 1.54. The quantitative estimate of drug-likeness (QED) is 0.914. The van der Waals surface area contributed by atoms with Crippen LogP contribution in [0.5, 0.6) is 5.75 Å². The standard InChI is InChI=1S/C11H7BrFNOS/c12-7-4-10(13)11(14-6-7)16-9-3-1-2-8(15)5-9/h1-6,15H. The number of nitrogens with zero attached hydrogens (tertiary/aromatic N) is 1. The van der Waals surface area contributed by atoms with Gasteiger partial charge < -0.3 is 5.11 Å². The molecule has 2 aromatic rings. The molecule has 1 aromatic carbocycles. The number of halogens is 2. The summed E-state index contributed by atoms with van der Waals surface area (Å²) in [6, 6.07) is 7.98. The largest absolute Gasteiger partial charge is 0.508 e. The average molecular weight is 300 g/mol. The van der Waals surface area contributed by atoms with Crippen LogP contribution >= 0.6 is 27.7 Å². The fourth-order valence-corrected chi connectivity index (χ4v) is 2.25. The lowest BCUT2D eigenvalue weighted by atomic mass is 10.3. The Labute approximate surface area is 105 Å². The Hall–Kier alpha value is -1.07. The van der Waals surface area contributed by atoms with E-state index in [1.54, 1.807) is 24.3 Å². The van der Waals surface area contributed by atoms with E-state index >= 15 is 0 Å². The highest BCUT2D eigenvalue weighted by molar-refractivity contribution is 9.10. The van der Waals surface area contributed by atoms with Gasteiger partial charge in [0.15, 0.2) is 5.82 Å². The molecule has 1 aromatic heterocycles. The third-order valence-corrected chi connectivity index (χ3v) is 3.22. The minimum Gasteiger partial charge on any atom is -0.508 e. The number of hydrogen-bond acceptors (Lipinski definition) is 3. The van der Waals surface area contributed by atoms with Gasteiger partial charge in [0.05, 0.1) is 0 Å². The number of aromatic hydroxyl groups is 1. The summed E-state index contributed by atoms with van der Waals surface area (Å²) in [7, 11) is 0. The van der Waals surface area contributed by atoms with Crippen LogP contribution in [-0.4, -0.2) is 10.1 Å². The van der Waals surface area contributed by atoms with E-state index < -0.39 is 0 Å². The van der Waals surface area contributed by atoms with Crippen LogP contribution in [0.1, 0.15) is 0 Å². The summed E-state index contributed by atoms with van der Waals surface area (Å²) in [6.45, 7) is 0. The Kier molecular flexibility index (Phi) is 3.46. The van der Waals surface area contributed by atoms with Crippen molar-refractivity contribution < 1.29 is 9.50 Å². The third kappa shape index (κ3) is 2.74. The van der Waals surface area contributed by atoms with Gasteiger partial charge in [-0.15, -0.1) is 0 Å². The Morgan fingerprint density at radius 1 is 1.31 bits per heavy atom. The molecule has 0 amide bonds. The van der Waals surface area contributed by atoms with E-state index in [2.05, 4.69) is 20.9 Å². The predicted octanol–water partition coefficient (Wildman–Crippen LogP) is 3.84. The molecule has 1 heterocycles. The molecular weight excluding hydrogens is 293 g/mol. The SMILES string of the molecule is Oc1cccc(Sc2ncc(Br)cc2F)c1. The van der Waals surface area contributed by atoms with E-state index in [1.807, 2.05) is 0 Å². The van der Waals surface area contributed by atoms with E-state index in [-0.39, 0.29) is 16.6 Å². The van der Waals surface area contributed by atoms with E-state index in [4.69, 9.17) is 0 Å². The molecule has 0 unspecified atom stereocenters. The molecule has 0 saturated carbocycles. The summed E-state index contributed by atoms with van der Waals surface area (Å²) in [5.41, 5.74) is 0. The molecule has 0 saturated heterocycles. The Bertz CT molecular complexity index is 521. The molecule has 2 rings (SSSR count). The summed E-state index contributed by atoms with van der Waals surface area (Å²) in [4.78, 5) is 4.71. The van der Waals surface area contributed by atoms with Crippen molar-refractivity contribution in [3.8, 4) is 5.75 Å². The number of benzene rings is 1. The molecule has 82 valence electrons. The maximum absolute atomic E-state index is 13.5. The molecule has 0 radical (unpaired) electrons. The number of rotatable bonds is 2. The first kappa shape index (κ1) is 11.4. The Morgan fingerprint density at radius 2 is 2.12 bits per heavy atom. The van der Waals surface area contributed by atoms with Gasteiger partial charge in [0.1, 0.15) is 10.8 Å². The van der Waals surface area contributed by atoms with Crippen molar-refractivity contribution in [2.45, 2.75) is 9.92 Å². The van der Waals surface area contributed by atoms with E-state index in [0.717, 1.165) is 4.90 Å². The van der Waals surface area contributed by atoms with Gasteiger partial charge in [-0.2, -0.15) is 0 Å². The van der Waals surface area contributed by atoms with Gasteiger partial charge in [0.25, 0.3) is 0 Å². The molecule has 0 atom stereocenters. The number of phenols is 1. The normalized spacial score (nSPS) is 10.4. The van der Waals surface area contributed by atoms with Crippen molar-refractivity contribution in [3.63, 3.8) is 0 Å². The number of hydrogen-bond donors (Lipinski definition) is 1. The van der Waals surface area contributed by atoms with Gasteiger partial charge in [-0.05, 0) is 40.2 Å². The Morgan fingerprint density at radius 3 is 2.81 bits per heavy atom. The van der Waals surface area contributed by atoms with Gasteiger partial charge in [-0.1, -0.05) is 17.8 Å². The molecule has 0 fully saturated rings. The van der Waals surface area contributed by atoms with Crippen LogP contribution in [0.3, 0.4) is 0 Å². The molecule has 0 aliphatic heterocycles. The first-order valence-electron chi connectivity index (χ1n) is 4.43. The van der Waals surface area contributed by atoms with E-state index in [9.17, 15) is 9.50 Å². The minimum absolute atomic E-state index is 0.155. The van der Waals surface area contributed by atoms with Gasteiger partial charge in [-0.25, -0.2) is 9.37 Å². The van der Waals surface area contributed by atoms with Crippen LogP contribution in [-0.2, 0) is 0 Å². The zero-order valence-corrected chi connectivity index (χ0v) is 10.4. The highest BCUT2D eigenvalue weighted by Gasteiger charge is 2.06. The van der Waals surface area contributed by atoms with Crippen molar-refractivity contribution in [2.75, 3.05) is 0 Å². The van der Waals surface area contributed by atoms with Gasteiger partial charge in [0.2, 0.25) is 0 Å². The second-order valence-electron chi connectivity index (χ2n) is 3.04. The molecule has 2 nitrogen and oxygen atoms in total. The van der Waals surface area contributed by atoms with Crippen molar-refractivity contribution in [2.24, 2.45) is 0 Å². The predicted molar refractivity (Wildman–Crippen MR) is 64.1 cm³/mol. The van der Waals surface area contributed by atoms with Crippen LogP contribution < -0.4 is 0 Å². The molecule has 16 heavy (non-hydrogen) atoms. The number of aromatic nitrogens is 1. The molecule has 1 N–H and O–H groups in total. The molecule has 0 aliphatic rings. The zero-order valence-electron chi connectivity index (χ0n) is 8.02. The lowest BCUT2D eigenvalue weighted by molar-refractivity contribution is 0.474. The van der Waals surface area contributed by atoms with E-state index in [1.165, 1.54) is 24.0 Å². The van der Waals surface area contributed by atoms with Crippen LogP contribution in [0.4, 0.5) is 4.39 Å². The maximum Gasteiger partial charge on any atom is 0.156 e. The summed E-state index contributed by atoms with van der Waals surface area (Å²) in [5.74, 6) is -0.231. The monoisotopic (exact) mass is 299 g/mol. The second-order valence-corrected chi connectivity index (χ2v) is 5.02. The van der Waals surface area contributed by atoms with Crippen molar-refractivity contribution in [1.82, 2.24) is 4.98 Å². The van der Waals surface area contributed by atoms with Gasteiger partial charge in [0, 0.05) is 15.6 Å². The highest BCUT2D eigenvalue weighted by atomic mass is 79.9. The van der Waals surface area contributed by atoms with Crippen molar-refractivity contribution in [3.05, 3.63) is 46.8 Å². The summed E-state index contributed by atoms with van der Waals surface area (Å²) < 4.78 is 14.1. The van der Waals surface area contributed by atoms with Crippen LogP contribution in [0.2, 0.25) is 0 Å². The van der Waals surface area contributed by atoms with Crippen LogP contribution in [0.25, 0.3) is 0 Å². The molecule has 0 spiro atoms. The fourth-order valence-electron chi connectivity index (χ4n) is 1.14. The summed E-state index contributed by atoms with van der Waals surface area (Å²) in [5, 5.41) is 9.56. The minimum atomic E-state index is -0.386.